The van der Waals surface area contributed by atoms with Crippen molar-refractivity contribution in [2.24, 2.45) is 11.8 Å². The lowest BCUT2D eigenvalue weighted by atomic mass is 9.82. The topological polar surface area (TPSA) is 95.5 Å². The second-order valence-corrected chi connectivity index (χ2v) is 6.28. The highest BCUT2D eigenvalue weighted by Crippen LogP contribution is 2.28. The van der Waals surface area contributed by atoms with Crippen LogP contribution in [0.2, 0.25) is 0 Å². The summed E-state index contributed by atoms with van der Waals surface area (Å²) in [6, 6.07) is 7.01. The molecule has 126 valence electrons. The maximum atomic E-state index is 12.6. The third-order valence-electron chi connectivity index (χ3n) is 4.43. The number of allylic oxidation sites excluding steroid dienone is 2. The number of carbonyl (C=O) groups is 3. The van der Waals surface area contributed by atoms with Crippen molar-refractivity contribution in [3.05, 3.63) is 42.0 Å². The van der Waals surface area contributed by atoms with E-state index in [1.807, 2.05) is 6.08 Å². The van der Waals surface area contributed by atoms with E-state index in [1.165, 1.54) is 0 Å². The number of rotatable bonds is 5. The van der Waals surface area contributed by atoms with E-state index in [0.717, 1.165) is 12.8 Å². The molecule has 0 spiro atoms. The quantitative estimate of drug-likeness (QED) is 0.722. The molecular formula is C18H20N2O4. The lowest BCUT2D eigenvalue weighted by Crippen LogP contribution is -2.35. The van der Waals surface area contributed by atoms with Gasteiger partial charge in [0.1, 0.15) is 0 Å². The Bertz CT molecular complexity index is 694. The minimum absolute atomic E-state index is 0.216. The fourth-order valence-corrected chi connectivity index (χ4v) is 2.88. The first-order valence-electron chi connectivity index (χ1n) is 8.15. The Morgan fingerprint density at radius 1 is 1.00 bits per heavy atom. The lowest BCUT2D eigenvalue weighted by Gasteiger charge is -2.24. The van der Waals surface area contributed by atoms with Crippen molar-refractivity contribution in [3.8, 4) is 0 Å². The van der Waals surface area contributed by atoms with Gasteiger partial charge in [0, 0.05) is 6.04 Å². The number of carboxylic acids is 1. The summed E-state index contributed by atoms with van der Waals surface area (Å²) in [5.74, 6) is -2.92. The van der Waals surface area contributed by atoms with Gasteiger partial charge in [-0.3, -0.25) is 14.4 Å². The third kappa shape index (κ3) is 3.64. The SMILES string of the molecule is O=C(NC1CC1)c1ccccc1NC(=O)[C@H]1CC=CC[C@@H]1C(=O)O. The van der Waals surface area contributed by atoms with Gasteiger partial charge in [0.05, 0.1) is 23.1 Å². The van der Waals surface area contributed by atoms with Crippen LogP contribution in [-0.2, 0) is 9.59 Å². The minimum atomic E-state index is -0.973. The number of hydrogen-bond donors (Lipinski definition) is 3. The average molecular weight is 328 g/mol. The van der Waals surface area contributed by atoms with Crippen LogP contribution in [-0.4, -0.2) is 28.9 Å². The first-order chi connectivity index (χ1) is 11.6. The lowest BCUT2D eigenvalue weighted by molar-refractivity contribution is -0.146. The van der Waals surface area contributed by atoms with Crippen LogP contribution in [0.15, 0.2) is 36.4 Å². The molecule has 6 nitrogen and oxygen atoms in total. The summed E-state index contributed by atoms with van der Waals surface area (Å²) in [5.41, 5.74) is 0.815. The predicted molar refractivity (Wildman–Crippen MR) is 88.5 cm³/mol. The smallest absolute Gasteiger partial charge is 0.307 e. The molecule has 1 aromatic carbocycles. The van der Waals surface area contributed by atoms with Gasteiger partial charge in [-0.15, -0.1) is 0 Å². The zero-order chi connectivity index (χ0) is 17.1. The monoisotopic (exact) mass is 328 g/mol. The van der Waals surface area contributed by atoms with Gasteiger partial charge >= 0.3 is 5.97 Å². The Balaban J connectivity index is 1.75. The van der Waals surface area contributed by atoms with Crippen molar-refractivity contribution in [3.63, 3.8) is 0 Å². The van der Waals surface area contributed by atoms with Crippen molar-refractivity contribution in [2.45, 2.75) is 31.7 Å². The summed E-state index contributed by atoms with van der Waals surface area (Å²) in [7, 11) is 0. The highest BCUT2D eigenvalue weighted by molar-refractivity contribution is 6.05. The molecular weight excluding hydrogens is 308 g/mol. The van der Waals surface area contributed by atoms with Gasteiger partial charge in [-0.1, -0.05) is 24.3 Å². The third-order valence-corrected chi connectivity index (χ3v) is 4.43. The highest BCUT2D eigenvalue weighted by atomic mass is 16.4. The largest absolute Gasteiger partial charge is 0.481 e. The minimum Gasteiger partial charge on any atom is -0.481 e. The molecule has 1 aromatic rings. The molecule has 2 atom stereocenters. The summed E-state index contributed by atoms with van der Waals surface area (Å²) < 4.78 is 0. The van der Waals surface area contributed by atoms with Gasteiger partial charge in [-0.2, -0.15) is 0 Å². The maximum absolute atomic E-state index is 12.6. The fraction of sp³-hybridized carbons (Fsp3) is 0.389. The number of aliphatic carboxylic acids is 1. The van der Waals surface area contributed by atoms with E-state index >= 15 is 0 Å². The van der Waals surface area contributed by atoms with Crippen molar-refractivity contribution in [1.82, 2.24) is 5.32 Å². The Morgan fingerprint density at radius 2 is 1.67 bits per heavy atom. The average Bonchev–Trinajstić information content (AvgIpc) is 3.39. The first-order valence-corrected chi connectivity index (χ1v) is 8.15. The molecule has 1 fully saturated rings. The number of para-hydroxylation sites is 1. The van der Waals surface area contributed by atoms with Gasteiger partial charge in [0.2, 0.25) is 5.91 Å². The molecule has 0 bridgehead atoms. The van der Waals surface area contributed by atoms with E-state index in [4.69, 9.17) is 0 Å². The van der Waals surface area contributed by atoms with E-state index in [1.54, 1.807) is 30.3 Å². The van der Waals surface area contributed by atoms with Crippen LogP contribution < -0.4 is 10.6 Å². The molecule has 3 N–H and O–H groups in total. The molecule has 0 aromatic heterocycles. The first kappa shape index (κ1) is 16.2. The number of carboxylic acid groups (broad SMARTS) is 1. The van der Waals surface area contributed by atoms with E-state index in [-0.39, 0.29) is 17.9 Å². The molecule has 0 heterocycles. The van der Waals surface area contributed by atoms with Crippen LogP contribution in [0.3, 0.4) is 0 Å². The summed E-state index contributed by atoms with van der Waals surface area (Å²) >= 11 is 0. The Morgan fingerprint density at radius 3 is 2.33 bits per heavy atom. The molecule has 0 aliphatic heterocycles. The van der Waals surface area contributed by atoms with Crippen LogP contribution >= 0.6 is 0 Å². The summed E-state index contributed by atoms with van der Waals surface area (Å²) in [4.78, 5) is 36.2. The van der Waals surface area contributed by atoms with E-state index in [2.05, 4.69) is 10.6 Å². The zero-order valence-electron chi connectivity index (χ0n) is 13.2. The zero-order valence-corrected chi connectivity index (χ0v) is 13.2. The molecule has 2 aliphatic carbocycles. The van der Waals surface area contributed by atoms with Crippen molar-refractivity contribution in [2.75, 3.05) is 5.32 Å². The van der Waals surface area contributed by atoms with Gasteiger partial charge < -0.3 is 15.7 Å². The van der Waals surface area contributed by atoms with Crippen molar-refractivity contribution >= 4 is 23.5 Å². The molecule has 24 heavy (non-hydrogen) atoms. The molecule has 2 aliphatic rings. The van der Waals surface area contributed by atoms with E-state index in [9.17, 15) is 19.5 Å². The fourth-order valence-electron chi connectivity index (χ4n) is 2.88. The second-order valence-electron chi connectivity index (χ2n) is 6.28. The molecule has 0 radical (unpaired) electrons. The van der Waals surface area contributed by atoms with Crippen molar-refractivity contribution in [1.29, 1.82) is 0 Å². The Labute approximate surface area is 139 Å². The number of benzene rings is 1. The van der Waals surface area contributed by atoms with Crippen LogP contribution in [0, 0.1) is 11.8 Å². The summed E-state index contributed by atoms with van der Waals surface area (Å²) in [6.07, 6.45) is 6.31. The molecule has 6 heteroatoms. The molecule has 3 rings (SSSR count). The maximum Gasteiger partial charge on any atom is 0.307 e. The predicted octanol–water partition coefficient (Wildman–Crippen LogP) is 2.18. The van der Waals surface area contributed by atoms with Gasteiger partial charge in [0.15, 0.2) is 0 Å². The Hall–Kier alpha value is -2.63. The van der Waals surface area contributed by atoms with Gasteiger partial charge in [-0.25, -0.2) is 0 Å². The number of hydrogen-bond acceptors (Lipinski definition) is 3. The van der Waals surface area contributed by atoms with Crippen molar-refractivity contribution < 1.29 is 19.5 Å². The molecule has 0 saturated heterocycles. The van der Waals surface area contributed by atoms with Crippen LogP contribution in [0.25, 0.3) is 0 Å². The number of nitrogens with one attached hydrogen (secondary N) is 2. The molecule has 0 unspecified atom stereocenters. The van der Waals surface area contributed by atoms with E-state index in [0.29, 0.717) is 24.1 Å². The van der Waals surface area contributed by atoms with Crippen LogP contribution in [0.4, 0.5) is 5.69 Å². The number of anilines is 1. The van der Waals surface area contributed by atoms with E-state index < -0.39 is 17.8 Å². The highest BCUT2D eigenvalue weighted by Gasteiger charge is 2.34. The number of amides is 2. The number of carbonyl (C=O) groups excluding carboxylic acids is 2. The molecule has 1 saturated carbocycles. The van der Waals surface area contributed by atoms with Crippen LogP contribution in [0.5, 0.6) is 0 Å². The normalized spacial score (nSPS) is 22.7. The van der Waals surface area contributed by atoms with Gasteiger partial charge in [-0.05, 0) is 37.8 Å². The summed E-state index contributed by atoms with van der Waals surface area (Å²) in [6.45, 7) is 0. The van der Waals surface area contributed by atoms with Crippen LogP contribution in [0.1, 0.15) is 36.0 Å². The second kappa shape index (κ2) is 6.86. The van der Waals surface area contributed by atoms with Gasteiger partial charge in [0.25, 0.3) is 5.91 Å². The summed E-state index contributed by atoms with van der Waals surface area (Å²) in [5, 5.41) is 14.9. The Kier molecular flexibility index (Phi) is 4.64. The molecule has 2 amide bonds. The standard InChI is InChI=1S/C18H20N2O4/c21-16(12-5-1-2-6-13(12)18(23)24)20-15-8-4-3-7-14(15)17(22)19-11-9-10-11/h1-4,7-8,11-13H,5-6,9-10H2,(H,19,22)(H,20,21)(H,23,24)/t12-,13-/m0/s1.